The summed E-state index contributed by atoms with van der Waals surface area (Å²) in [7, 11) is 0. The van der Waals surface area contributed by atoms with Crippen molar-refractivity contribution in [1.82, 2.24) is 9.97 Å². The van der Waals surface area contributed by atoms with E-state index in [0.717, 1.165) is 16.5 Å². The summed E-state index contributed by atoms with van der Waals surface area (Å²) in [5.41, 5.74) is 0. The lowest BCUT2D eigenvalue weighted by molar-refractivity contribution is 0.624. The third-order valence-electron chi connectivity index (χ3n) is 1.98. The van der Waals surface area contributed by atoms with Gasteiger partial charge in [-0.15, -0.1) is 0 Å². The van der Waals surface area contributed by atoms with E-state index in [1.165, 1.54) is 23.9 Å². The summed E-state index contributed by atoms with van der Waals surface area (Å²) in [6.07, 6.45) is 1.69. The van der Waals surface area contributed by atoms with Crippen molar-refractivity contribution in [2.75, 3.05) is 11.9 Å². The average Bonchev–Trinajstić information content (AvgIpc) is 2.30. The molecular formula is C12H12FN3S. The van der Waals surface area contributed by atoms with Gasteiger partial charge in [-0.1, -0.05) is 17.8 Å². The number of anilines is 1. The molecule has 88 valence electrons. The number of aromatic nitrogens is 2. The van der Waals surface area contributed by atoms with Crippen LogP contribution in [0.5, 0.6) is 0 Å². The highest BCUT2D eigenvalue weighted by atomic mass is 32.2. The van der Waals surface area contributed by atoms with Gasteiger partial charge in [0, 0.05) is 17.6 Å². The van der Waals surface area contributed by atoms with Crippen molar-refractivity contribution in [2.45, 2.75) is 16.8 Å². The Balaban J connectivity index is 2.15. The van der Waals surface area contributed by atoms with Crippen molar-refractivity contribution in [3.05, 3.63) is 42.3 Å². The first kappa shape index (κ1) is 11.9. The lowest BCUT2D eigenvalue weighted by Crippen LogP contribution is -2.01. The van der Waals surface area contributed by atoms with Gasteiger partial charge < -0.3 is 5.32 Å². The lowest BCUT2D eigenvalue weighted by atomic mass is 10.4. The molecule has 0 bridgehead atoms. The van der Waals surface area contributed by atoms with Crippen molar-refractivity contribution in [1.29, 1.82) is 0 Å². The molecule has 1 aromatic carbocycles. The highest BCUT2D eigenvalue weighted by Gasteiger charge is 2.02. The van der Waals surface area contributed by atoms with E-state index < -0.39 is 0 Å². The minimum atomic E-state index is -0.240. The zero-order valence-corrected chi connectivity index (χ0v) is 10.2. The van der Waals surface area contributed by atoms with E-state index in [1.54, 1.807) is 18.3 Å². The molecule has 1 N–H and O–H groups in total. The fraction of sp³-hybridized carbons (Fsp3) is 0.167. The lowest BCUT2D eigenvalue weighted by Gasteiger charge is -2.04. The Bertz CT molecular complexity index is 505. The second-order valence-corrected chi connectivity index (χ2v) is 4.40. The number of hydrogen-bond acceptors (Lipinski definition) is 4. The van der Waals surface area contributed by atoms with E-state index in [0.29, 0.717) is 5.95 Å². The first-order valence-corrected chi connectivity index (χ1v) is 6.10. The molecule has 3 nitrogen and oxygen atoms in total. The minimum absolute atomic E-state index is 0.240. The molecule has 1 heterocycles. The number of benzene rings is 1. The van der Waals surface area contributed by atoms with E-state index in [4.69, 9.17) is 0 Å². The van der Waals surface area contributed by atoms with Crippen molar-refractivity contribution in [2.24, 2.45) is 0 Å². The second-order valence-electron chi connectivity index (χ2n) is 3.31. The van der Waals surface area contributed by atoms with Crippen molar-refractivity contribution in [3.63, 3.8) is 0 Å². The molecule has 5 heteroatoms. The molecule has 0 aliphatic rings. The summed E-state index contributed by atoms with van der Waals surface area (Å²) in [6, 6.07) is 8.25. The number of nitrogens with zero attached hydrogens (tertiary/aromatic N) is 2. The Morgan fingerprint density at radius 2 is 2.24 bits per heavy atom. The molecule has 0 radical (unpaired) electrons. The Hall–Kier alpha value is -1.62. The van der Waals surface area contributed by atoms with Crippen LogP contribution in [-0.4, -0.2) is 16.5 Å². The molecule has 2 aromatic rings. The third-order valence-corrected chi connectivity index (χ3v) is 2.91. The maximum Gasteiger partial charge on any atom is 0.223 e. The van der Waals surface area contributed by atoms with Gasteiger partial charge in [0.1, 0.15) is 10.8 Å². The quantitative estimate of drug-likeness (QED) is 0.844. The van der Waals surface area contributed by atoms with Gasteiger partial charge in [0.15, 0.2) is 0 Å². The Labute approximate surface area is 103 Å². The molecule has 0 aliphatic carbocycles. The van der Waals surface area contributed by atoms with E-state index in [1.807, 2.05) is 13.0 Å². The molecule has 0 aliphatic heterocycles. The maximum atomic E-state index is 13.0. The molecule has 0 fully saturated rings. The number of rotatable bonds is 4. The van der Waals surface area contributed by atoms with Crippen LogP contribution in [-0.2, 0) is 0 Å². The van der Waals surface area contributed by atoms with Crippen LogP contribution < -0.4 is 5.32 Å². The SMILES string of the molecule is CCNc1nccc(Sc2cccc(F)c2)n1. The predicted octanol–water partition coefficient (Wildman–Crippen LogP) is 3.20. The Morgan fingerprint density at radius 1 is 1.35 bits per heavy atom. The van der Waals surface area contributed by atoms with Crippen LogP contribution >= 0.6 is 11.8 Å². The zero-order valence-electron chi connectivity index (χ0n) is 9.35. The molecule has 1 aromatic heterocycles. The largest absolute Gasteiger partial charge is 0.354 e. The summed E-state index contributed by atoms with van der Waals surface area (Å²) in [5, 5.41) is 3.83. The first-order valence-electron chi connectivity index (χ1n) is 5.28. The van der Waals surface area contributed by atoms with Crippen LogP contribution in [0.25, 0.3) is 0 Å². The van der Waals surface area contributed by atoms with Gasteiger partial charge in [-0.25, -0.2) is 14.4 Å². The number of halogens is 1. The number of hydrogen-bond donors (Lipinski definition) is 1. The second kappa shape index (κ2) is 5.63. The van der Waals surface area contributed by atoms with E-state index in [-0.39, 0.29) is 5.82 Å². The topological polar surface area (TPSA) is 37.8 Å². The zero-order chi connectivity index (χ0) is 12.1. The molecule has 0 amide bonds. The number of nitrogens with one attached hydrogen (secondary N) is 1. The van der Waals surface area contributed by atoms with E-state index in [2.05, 4.69) is 15.3 Å². The smallest absolute Gasteiger partial charge is 0.223 e. The highest BCUT2D eigenvalue weighted by molar-refractivity contribution is 7.99. The van der Waals surface area contributed by atoms with Crippen molar-refractivity contribution >= 4 is 17.7 Å². The molecular weight excluding hydrogens is 237 g/mol. The summed E-state index contributed by atoms with van der Waals surface area (Å²) in [6.45, 7) is 2.75. The molecule has 0 atom stereocenters. The van der Waals surface area contributed by atoms with E-state index in [9.17, 15) is 4.39 Å². The van der Waals surface area contributed by atoms with Crippen LogP contribution in [0.4, 0.5) is 10.3 Å². The molecule has 0 saturated heterocycles. The summed E-state index contributed by atoms with van der Waals surface area (Å²) in [5.74, 6) is 0.352. The first-order chi connectivity index (χ1) is 8.28. The molecule has 0 unspecified atom stereocenters. The standard InChI is InChI=1S/C12H12FN3S/c1-2-14-12-15-7-6-11(16-12)17-10-5-3-4-9(13)8-10/h3-8H,2H2,1H3,(H,14,15,16). The van der Waals surface area contributed by atoms with Gasteiger partial charge in [0.05, 0.1) is 0 Å². The fourth-order valence-electron chi connectivity index (χ4n) is 1.29. The van der Waals surface area contributed by atoms with Gasteiger partial charge in [-0.2, -0.15) is 0 Å². The normalized spacial score (nSPS) is 10.2. The van der Waals surface area contributed by atoms with Crippen LogP contribution in [0.3, 0.4) is 0 Å². The van der Waals surface area contributed by atoms with Gasteiger partial charge in [-0.05, 0) is 31.2 Å². The van der Waals surface area contributed by atoms with Gasteiger partial charge in [0.2, 0.25) is 5.95 Å². The third kappa shape index (κ3) is 3.42. The Morgan fingerprint density at radius 3 is 3.00 bits per heavy atom. The monoisotopic (exact) mass is 249 g/mol. The Kier molecular flexibility index (Phi) is 3.93. The fourth-order valence-corrected chi connectivity index (χ4v) is 2.11. The maximum absolute atomic E-state index is 13.0. The predicted molar refractivity (Wildman–Crippen MR) is 66.7 cm³/mol. The van der Waals surface area contributed by atoms with E-state index >= 15 is 0 Å². The van der Waals surface area contributed by atoms with Gasteiger partial charge >= 0.3 is 0 Å². The van der Waals surface area contributed by atoms with Crippen LogP contribution in [0.15, 0.2) is 46.5 Å². The molecule has 0 saturated carbocycles. The molecule has 17 heavy (non-hydrogen) atoms. The van der Waals surface area contributed by atoms with Crippen LogP contribution in [0, 0.1) is 5.82 Å². The summed E-state index contributed by atoms with van der Waals surface area (Å²) < 4.78 is 13.0. The summed E-state index contributed by atoms with van der Waals surface area (Å²) >= 11 is 1.41. The van der Waals surface area contributed by atoms with Gasteiger partial charge in [0.25, 0.3) is 0 Å². The highest BCUT2D eigenvalue weighted by Crippen LogP contribution is 2.26. The van der Waals surface area contributed by atoms with Gasteiger partial charge in [-0.3, -0.25) is 0 Å². The van der Waals surface area contributed by atoms with Crippen molar-refractivity contribution in [3.8, 4) is 0 Å². The minimum Gasteiger partial charge on any atom is -0.354 e. The van der Waals surface area contributed by atoms with Crippen LogP contribution in [0.1, 0.15) is 6.92 Å². The van der Waals surface area contributed by atoms with Crippen molar-refractivity contribution < 1.29 is 4.39 Å². The molecule has 0 spiro atoms. The average molecular weight is 249 g/mol. The summed E-state index contributed by atoms with van der Waals surface area (Å²) in [4.78, 5) is 9.21. The van der Waals surface area contributed by atoms with Crippen LogP contribution in [0.2, 0.25) is 0 Å². The molecule has 2 rings (SSSR count).